The van der Waals surface area contributed by atoms with Gasteiger partial charge in [0.05, 0.1) is 13.0 Å². The zero-order valence-corrected chi connectivity index (χ0v) is 11.9. The van der Waals surface area contributed by atoms with E-state index < -0.39 is 17.4 Å². The van der Waals surface area contributed by atoms with Crippen molar-refractivity contribution in [2.75, 3.05) is 7.11 Å². The van der Waals surface area contributed by atoms with Gasteiger partial charge in [0.2, 0.25) is 0 Å². The Morgan fingerprint density at radius 2 is 1.89 bits per heavy atom. The van der Waals surface area contributed by atoms with Gasteiger partial charge < -0.3 is 9.84 Å². The fourth-order valence-corrected chi connectivity index (χ4v) is 2.97. The molecule has 2 atom stereocenters. The lowest BCUT2D eigenvalue weighted by molar-refractivity contribution is -0.161. The molecule has 0 radical (unpaired) electrons. The van der Waals surface area contributed by atoms with E-state index in [0.717, 1.165) is 12.8 Å². The third-order valence-corrected chi connectivity index (χ3v) is 3.97. The first-order valence-electron chi connectivity index (χ1n) is 6.46. The van der Waals surface area contributed by atoms with Gasteiger partial charge in [0, 0.05) is 5.92 Å². The smallest absolute Gasteiger partial charge is 0.309 e. The number of Topliss-reactive ketones (excluding diaryl/α,β-unsaturated/α-hetero) is 1. The molecule has 1 N–H and O–H groups in total. The van der Waals surface area contributed by atoms with E-state index in [4.69, 9.17) is 4.74 Å². The second-order valence-electron chi connectivity index (χ2n) is 6.41. The molecule has 0 aliphatic heterocycles. The van der Waals surface area contributed by atoms with E-state index in [-0.39, 0.29) is 17.2 Å². The van der Waals surface area contributed by atoms with Crippen molar-refractivity contribution < 1.29 is 19.4 Å². The van der Waals surface area contributed by atoms with Crippen molar-refractivity contribution >= 4 is 11.8 Å². The summed E-state index contributed by atoms with van der Waals surface area (Å²) in [6.45, 7) is 6.93. The monoisotopic (exact) mass is 256 g/mol. The Kier molecular flexibility index (Phi) is 4.21. The fourth-order valence-electron chi connectivity index (χ4n) is 2.97. The summed E-state index contributed by atoms with van der Waals surface area (Å²) in [5.41, 5.74) is -1.69. The third kappa shape index (κ3) is 2.91. The second-order valence-corrected chi connectivity index (χ2v) is 6.41. The first kappa shape index (κ1) is 15.2. The van der Waals surface area contributed by atoms with Crippen LogP contribution in [0.1, 0.15) is 47.0 Å². The van der Waals surface area contributed by atoms with Crippen molar-refractivity contribution in [2.45, 2.75) is 52.6 Å². The summed E-state index contributed by atoms with van der Waals surface area (Å²) in [6, 6.07) is 0. The summed E-state index contributed by atoms with van der Waals surface area (Å²) in [7, 11) is 1.34. The van der Waals surface area contributed by atoms with Gasteiger partial charge in [0.15, 0.2) is 5.78 Å². The Labute approximate surface area is 109 Å². The third-order valence-electron chi connectivity index (χ3n) is 3.97. The van der Waals surface area contributed by atoms with Gasteiger partial charge in [-0.25, -0.2) is 0 Å². The normalized spacial score (nSPS) is 27.7. The number of methoxy groups -OCH3 is 1. The van der Waals surface area contributed by atoms with Crippen LogP contribution in [-0.4, -0.2) is 29.6 Å². The van der Waals surface area contributed by atoms with Gasteiger partial charge in [-0.1, -0.05) is 20.3 Å². The molecule has 18 heavy (non-hydrogen) atoms. The van der Waals surface area contributed by atoms with Gasteiger partial charge in [-0.2, -0.15) is 0 Å². The highest BCUT2D eigenvalue weighted by atomic mass is 16.5. The van der Waals surface area contributed by atoms with Crippen LogP contribution in [0, 0.1) is 17.3 Å². The number of aliphatic hydroxyl groups is 1. The molecule has 1 rings (SSSR count). The van der Waals surface area contributed by atoms with E-state index in [1.165, 1.54) is 21.0 Å². The molecule has 0 amide bonds. The van der Waals surface area contributed by atoms with Crippen LogP contribution in [0.25, 0.3) is 0 Å². The van der Waals surface area contributed by atoms with Crippen LogP contribution in [0.15, 0.2) is 0 Å². The number of ether oxygens (including phenoxy) is 1. The minimum atomic E-state index is -1.41. The number of hydrogen-bond acceptors (Lipinski definition) is 4. The molecule has 1 saturated carbocycles. The van der Waals surface area contributed by atoms with E-state index in [1.54, 1.807) is 0 Å². The minimum Gasteiger partial charge on any atom is -0.469 e. The van der Waals surface area contributed by atoms with Crippen LogP contribution in [0.4, 0.5) is 0 Å². The summed E-state index contributed by atoms with van der Waals surface area (Å²) in [4.78, 5) is 24.2. The maximum atomic E-state index is 12.4. The second kappa shape index (κ2) is 5.00. The molecule has 0 saturated heterocycles. The standard InChI is InChI=1S/C14H24O4/c1-13(2)8-6-7-9(12(16)18-5)10(13)11(15)14(3,4)17/h9-10,17H,6-8H2,1-5H3. The van der Waals surface area contributed by atoms with E-state index in [2.05, 4.69) is 0 Å². The summed E-state index contributed by atoms with van der Waals surface area (Å²) in [6.07, 6.45) is 2.44. The lowest BCUT2D eigenvalue weighted by Gasteiger charge is -2.43. The molecular formula is C14H24O4. The molecule has 0 bridgehead atoms. The van der Waals surface area contributed by atoms with Crippen molar-refractivity contribution in [3.8, 4) is 0 Å². The lowest BCUT2D eigenvalue weighted by atomic mass is 9.60. The zero-order chi connectivity index (χ0) is 14.1. The van der Waals surface area contributed by atoms with Gasteiger partial charge in [-0.15, -0.1) is 0 Å². The molecule has 4 heteroatoms. The first-order valence-corrected chi connectivity index (χ1v) is 6.46. The average Bonchev–Trinajstić information content (AvgIpc) is 2.24. The predicted molar refractivity (Wildman–Crippen MR) is 67.9 cm³/mol. The van der Waals surface area contributed by atoms with Crippen LogP contribution in [0.3, 0.4) is 0 Å². The van der Waals surface area contributed by atoms with Gasteiger partial charge in [0.1, 0.15) is 5.60 Å². The Hall–Kier alpha value is -0.900. The summed E-state index contributed by atoms with van der Waals surface area (Å²) >= 11 is 0. The zero-order valence-electron chi connectivity index (χ0n) is 11.9. The van der Waals surface area contributed by atoms with E-state index in [1.807, 2.05) is 13.8 Å². The van der Waals surface area contributed by atoms with Crippen LogP contribution in [0.2, 0.25) is 0 Å². The van der Waals surface area contributed by atoms with Gasteiger partial charge in [-0.05, 0) is 32.1 Å². The van der Waals surface area contributed by atoms with Crippen molar-refractivity contribution in [3.05, 3.63) is 0 Å². The average molecular weight is 256 g/mol. The largest absolute Gasteiger partial charge is 0.469 e. The highest BCUT2D eigenvalue weighted by Crippen LogP contribution is 2.46. The molecule has 4 nitrogen and oxygen atoms in total. The molecule has 0 aromatic rings. The Balaban J connectivity index is 3.11. The number of esters is 1. The Morgan fingerprint density at radius 3 is 2.33 bits per heavy atom. The van der Waals surface area contributed by atoms with Crippen LogP contribution < -0.4 is 0 Å². The Bertz CT molecular complexity index is 338. The summed E-state index contributed by atoms with van der Waals surface area (Å²) in [5.74, 6) is -1.51. The van der Waals surface area contributed by atoms with Gasteiger partial charge >= 0.3 is 5.97 Å². The van der Waals surface area contributed by atoms with Gasteiger partial charge in [0.25, 0.3) is 0 Å². The molecule has 1 aliphatic carbocycles. The maximum Gasteiger partial charge on any atom is 0.309 e. The summed E-state index contributed by atoms with van der Waals surface area (Å²) < 4.78 is 4.80. The van der Waals surface area contributed by atoms with E-state index in [9.17, 15) is 14.7 Å². The molecule has 0 heterocycles. The molecule has 0 aromatic carbocycles. The number of ketones is 1. The molecule has 2 unspecified atom stereocenters. The quantitative estimate of drug-likeness (QED) is 0.784. The molecule has 1 aliphatic rings. The molecule has 0 aromatic heterocycles. The van der Waals surface area contributed by atoms with Crippen molar-refractivity contribution in [1.82, 2.24) is 0 Å². The number of rotatable bonds is 3. The fraction of sp³-hybridized carbons (Fsp3) is 0.857. The lowest BCUT2D eigenvalue weighted by Crippen LogP contribution is -2.50. The van der Waals surface area contributed by atoms with Crippen LogP contribution >= 0.6 is 0 Å². The van der Waals surface area contributed by atoms with Crippen molar-refractivity contribution in [2.24, 2.45) is 17.3 Å². The number of hydrogen-bond donors (Lipinski definition) is 1. The number of carbonyl (C=O) groups excluding carboxylic acids is 2. The topological polar surface area (TPSA) is 63.6 Å². The first-order chi connectivity index (χ1) is 8.11. The Morgan fingerprint density at radius 1 is 1.33 bits per heavy atom. The number of carbonyl (C=O) groups is 2. The molecule has 0 spiro atoms. The van der Waals surface area contributed by atoms with Crippen LogP contribution in [-0.2, 0) is 14.3 Å². The highest BCUT2D eigenvalue weighted by molar-refractivity contribution is 5.92. The van der Waals surface area contributed by atoms with Crippen molar-refractivity contribution in [3.63, 3.8) is 0 Å². The van der Waals surface area contributed by atoms with Crippen molar-refractivity contribution in [1.29, 1.82) is 0 Å². The summed E-state index contributed by atoms with van der Waals surface area (Å²) in [5, 5.41) is 9.94. The van der Waals surface area contributed by atoms with Gasteiger partial charge in [-0.3, -0.25) is 9.59 Å². The SMILES string of the molecule is COC(=O)C1CCCC(C)(C)C1C(=O)C(C)(C)O. The maximum absolute atomic E-state index is 12.4. The molecule has 1 fully saturated rings. The predicted octanol–water partition coefficient (Wildman–Crippen LogP) is 1.94. The molecule has 104 valence electrons. The van der Waals surface area contributed by atoms with Crippen LogP contribution in [0.5, 0.6) is 0 Å². The molecular weight excluding hydrogens is 232 g/mol. The minimum absolute atomic E-state index is 0.261. The highest BCUT2D eigenvalue weighted by Gasteiger charge is 2.50. The van der Waals surface area contributed by atoms with E-state index in [0.29, 0.717) is 6.42 Å². The van der Waals surface area contributed by atoms with E-state index >= 15 is 0 Å².